The van der Waals surface area contributed by atoms with Crippen LogP contribution in [-0.4, -0.2) is 54.8 Å². The molecule has 9 heteroatoms. The quantitative estimate of drug-likeness (QED) is 0.314. The minimum Gasteiger partial charge on any atom is -0.460 e. The van der Waals surface area contributed by atoms with Gasteiger partial charge in [0.2, 0.25) is 10.0 Å². The van der Waals surface area contributed by atoms with E-state index in [-0.39, 0.29) is 29.9 Å². The van der Waals surface area contributed by atoms with E-state index in [2.05, 4.69) is 19.2 Å². The van der Waals surface area contributed by atoms with Gasteiger partial charge in [-0.05, 0) is 68.8 Å². The van der Waals surface area contributed by atoms with Crippen LogP contribution >= 0.6 is 0 Å². The van der Waals surface area contributed by atoms with Crippen LogP contribution in [0.4, 0.5) is 4.79 Å². The summed E-state index contributed by atoms with van der Waals surface area (Å²) in [6.07, 6.45) is 11.6. The number of hydrogen-bond acceptors (Lipinski definition) is 6. The molecule has 0 aromatic heterocycles. The summed E-state index contributed by atoms with van der Waals surface area (Å²) in [6.45, 7) is 6.03. The highest BCUT2D eigenvalue weighted by Crippen LogP contribution is 2.67. The maximum Gasteiger partial charge on any atom is 0.408 e. The Hall–Kier alpha value is -2.13. The molecular weight excluding hydrogens is 552 g/mol. The molecular formula is C33H50N2O6S. The molecule has 4 aliphatic carbocycles. The van der Waals surface area contributed by atoms with E-state index in [0.717, 1.165) is 69.8 Å². The van der Waals surface area contributed by atoms with Crippen molar-refractivity contribution in [1.29, 1.82) is 0 Å². The van der Waals surface area contributed by atoms with Crippen molar-refractivity contribution in [3.8, 4) is 0 Å². The molecule has 4 fully saturated rings. The molecule has 0 aliphatic heterocycles. The van der Waals surface area contributed by atoms with Gasteiger partial charge >= 0.3 is 12.1 Å². The third kappa shape index (κ3) is 6.37. The lowest BCUT2D eigenvalue weighted by atomic mass is 9.69. The Balaban J connectivity index is 1.29. The SMILES string of the molecule is C[C@H](NC(=O)OCc1ccccc1)C(=O)O[C@H]1C[C@@H]2CC[C@@]1(CS(=O)(=O)N(C1CCCCC1)C1CCCCC1)C2(C)C. The second kappa shape index (κ2) is 12.8. The monoisotopic (exact) mass is 602 g/mol. The minimum atomic E-state index is -3.61. The predicted molar refractivity (Wildman–Crippen MR) is 162 cm³/mol. The van der Waals surface area contributed by atoms with Crippen molar-refractivity contribution in [1.82, 2.24) is 9.62 Å². The van der Waals surface area contributed by atoms with Crippen LogP contribution in [0.3, 0.4) is 0 Å². The van der Waals surface area contributed by atoms with Gasteiger partial charge < -0.3 is 14.8 Å². The predicted octanol–water partition coefficient (Wildman–Crippen LogP) is 6.34. The highest BCUT2D eigenvalue weighted by Gasteiger charge is 2.67. The summed E-state index contributed by atoms with van der Waals surface area (Å²) >= 11 is 0. The van der Waals surface area contributed by atoms with Crippen LogP contribution in [0.25, 0.3) is 0 Å². The number of fused-ring (bicyclic) bond motifs is 2. The summed E-state index contributed by atoms with van der Waals surface area (Å²) in [5.41, 5.74) is -0.0757. The van der Waals surface area contributed by atoms with Crippen LogP contribution in [0.2, 0.25) is 0 Å². The number of nitrogens with zero attached hydrogens (tertiary/aromatic N) is 1. The van der Waals surface area contributed by atoms with Crippen molar-refractivity contribution in [3.63, 3.8) is 0 Å². The highest BCUT2D eigenvalue weighted by atomic mass is 32.2. The van der Waals surface area contributed by atoms with Crippen molar-refractivity contribution in [2.24, 2.45) is 16.7 Å². The Labute approximate surface area is 252 Å². The van der Waals surface area contributed by atoms with E-state index in [9.17, 15) is 18.0 Å². The first-order valence-electron chi connectivity index (χ1n) is 16.2. The fraction of sp³-hybridized carbons (Fsp3) is 0.758. The van der Waals surface area contributed by atoms with E-state index >= 15 is 0 Å². The lowest BCUT2D eigenvalue weighted by molar-refractivity contribution is -0.158. The average molecular weight is 603 g/mol. The fourth-order valence-corrected chi connectivity index (χ4v) is 11.4. The van der Waals surface area contributed by atoms with Crippen LogP contribution in [-0.2, 0) is 30.9 Å². The molecule has 1 amide bonds. The summed E-state index contributed by atoms with van der Waals surface area (Å²) in [5, 5.41) is 2.59. The summed E-state index contributed by atoms with van der Waals surface area (Å²) in [6, 6.07) is 8.59. The van der Waals surface area contributed by atoms with Crippen LogP contribution in [0.15, 0.2) is 30.3 Å². The Morgan fingerprint density at radius 2 is 1.55 bits per heavy atom. The Morgan fingerprint density at radius 1 is 0.952 bits per heavy atom. The molecule has 0 spiro atoms. The molecule has 1 aromatic rings. The van der Waals surface area contributed by atoms with Crippen molar-refractivity contribution in [2.45, 2.75) is 135 Å². The molecule has 8 nitrogen and oxygen atoms in total. The van der Waals surface area contributed by atoms with Gasteiger partial charge in [0.25, 0.3) is 0 Å². The summed E-state index contributed by atoms with van der Waals surface area (Å²) in [5.74, 6) is -0.231. The van der Waals surface area contributed by atoms with Gasteiger partial charge in [-0.1, -0.05) is 82.7 Å². The van der Waals surface area contributed by atoms with Crippen LogP contribution < -0.4 is 5.32 Å². The van der Waals surface area contributed by atoms with Crippen LogP contribution in [0.1, 0.15) is 110 Å². The largest absolute Gasteiger partial charge is 0.460 e. The van der Waals surface area contributed by atoms with Crippen LogP contribution in [0, 0.1) is 16.7 Å². The number of benzene rings is 1. The molecule has 0 saturated heterocycles. The third-order valence-electron chi connectivity index (χ3n) is 11.1. The second-order valence-corrected chi connectivity index (χ2v) is 15.7. The maximum atomic E-state index is 14.6. The smallest absolute Gasteiger partial charge is 0.408 e. The first-order chi connectivity index (χ1) is 20.0. The Bertz CT molecular complexity index is 1170. The number of amides is 1. The van der Waals surface area contributed by atoms with Gasteiger partial charge in [-0.15, -0.1) is 0 Å². The van der Waals surface area contributed by atoms with Crippen molar-refractivity contribution in [2.75, 3.05) is 5.75 Å². The lowest BCUT2D eigenvalue weighted by Gasteiger charge is -2.46. The maximum absolute atomic E-state index is 14.6. The van der Waals surface area contributed by atoms with Gasteiger partial charge in [0.15, 0.2) is 0 Å². The molecule has 0 heterocycles. The van der Waals surface area contributed by atoms with E-state index < -0.39 is 39.6 Å². The number of rotatable bonds is 10. The fourth-order valence-electron chi connectivity index (χ4n) is 8.57. The lowest BCUT2D eigenvalue weighted by Crippen LogP contribution is -2.55. The molecule has 0 radical (unpaired) electrons. The molecule has 5 rings (SSSR count). The van der Waals surface area contributed by atoms with Gasteiger partial charge in [-0.3, -0.25) is 0 Å². The van der Waals surface area contributed by atoms with E-state index in [1.165, 1.54) is 12.8 Å². The molecule has 2 bridgehead atoms. The van der Waals surface area contributed by atoms with Gasteiger partial charge in [-0.2, -0.15) is 4.31 Å². The number of hydrogen-bond donors (Lipinski definition) is 1. The van der Waals surface area contributed by atoms with Crippen molar-refractivity contribution < 1.29 is 27.5 Å². The molecule has 4 atom stereocenters. The number of nitrogens with one attached hydrogen (secondary N) is 1. The minimum absolute atomic E-state index is 0.0232. The third-order valence-corrected chi connectivity index (χ3v) is 13.3. The number of ether oxygens (including phenoxy) is 2. The molecule has 4 saturated carbocycles. The van der Waals surface area contributed by atoms with Crippen molar-refractivity contribution >= 4 is 22.1 Å². The zero-order valence-corrected chi connectivity index (χ0v) is 26.5. The van der Waals surface area contributed by atoms with Gasteiger partial charge in [0.05, 0.1) is 5.75 Å². The van der Waals surface area contributed by atoms with E-state index in [1.807, 2.05) is 34.6 Å². The number of carbonyl (C=O) groups is 2. The van der Waals surface area contributed by atoms with E-state index in [1.54, 1.807) is 6.92 Å². The second-order valence-electron chi connectivity index (χ2n) is 13.9. The summed E-state index contributed by atoms with van der Waals surface area (Å²) in [7, 11) is -3.61. The Kier molecular flexibility index (Phi) is 9.57. The highest BCUT2D eigenvalue weighted by molar-refractivity contribution is 7.89. The summed E-state index contributed by atoms with van der Waals surface area (Å²) in [4.78, 5) is 25.7. The zero-order chi connectivity index (χ0) is 30.0. The normalized spacial score (nSPS) is 28.9. The Morgan fingerprint density at radius 3 is 2.12 bits per heavy atom. The van der Waals surface area contributed by atoms with Crippen molar-refractivity contribution in [3.05, 3.63) is 35.9 Å². The van der Waals surface area contributed by atoms with Gasteiger partial charge in [0, 0.05) is 17.5 Å². The van der Waals surface area contributed by atoms with E-state index in [4.69, 9.17) is 9.47 Å². The first kappa shape index (κ1) is 31.3. The topological polar surface area (TPSA) is 102 Å². The molecule has 1 N–H and O–H groups in total. The van der Waals surface area contributed by atoms with Crippen LogP contribution in [0.5, 0.6) is 0 Å². The van der Waals surface area contributed by atoms with E-state index in [0.29, 0.717) is 12.3 Å². The molecule has 1 aromatic carbocycles. The zero-order valence-electron chi connectivity index (χ0n) is 25.7. The standard InChI is InChI=1S/C33H50N2O6S/c1-24(34-31(37)40-22-25-13-7-4-8-14-25)30(36)41-29-21-26-19-20-33(29,32(26,2)3)23-42(38,39)35(27-15-9-5-10-16-27)28-17-11-6-12-18-28/h4,7-8,13-14,24,26-29H,5-6,9-12,15-23H2,1-3H3,(H,34,37)/t24-,26-,29-,33-/m0/s1. The average Bonchev–Trinajstić information content (AvgIpc) is 3.32. The molecule has 0 unspecified atom stereocenters. The number of sulfonamides is 1. The van der Waals surface area contributed by atoms with Gasteiger partial charge in [-0.25, -0.2) is 18.0 Å². The number of carbonyl (C=O) groups excluding carboxylic acids is 2. The number of alkyl carbamates (subject to hydrolysis) is 1. The van der Waals surface area contributed by atoms with Gasteiger partial charge in [0.1, 0.15) is 18.8 Å². The first-order valence-corrected chi connectivity index (χ1v) is 17.8. The molecule has 42 heavy (non-hydrogen) atoms. The molecule has 234 valence electrons. The molecule has 4 aliphatic rings. The number of esters is 1. The summed E-state index contributed by atoms with van der Waals surface area (Å²) < 4.78 is 42.5.